The minimum absolute atomic E-state index is 0.0447. The van der Waals surface area contributed by atoms with Crippen LogP contribution in [0.2, 0.25) is 0 Å². The van der Waals surface area contributed by atoms with Gasteiger partial charge in [0.15, 0.2) is 5.96 Å². The van der Waals surface area contributed by atoms with Crippen LogP contribution in [-0.2, 0) is 11.3 Å². The van der Waals surface area contributed by atoms with Crippen molar-refractivity contribution in [3.05, 3.63) is 35.4 Å². The number of nitrogens with one attached hydrogen (secondary N) is 3. The molecule has 1 aromatic rings. The number of carbonyl (C=O) groups excluding carboxylic acids is 1. The SMILES string of the molecule is CN=C(NCc1cccc(C(=O)NCCN(C)C)c1)NCC1(CCO)CCOC1. The molecule has 4 N–H and O–H groups in total. The van der Waals surface area contributed by atoms with Crippen molar-refractivity contribution in [2.24, 2.45) is 10.4 Å². The number of aliphatic imine (C=N–C) groups is 1. The molecule has 1 heterocycles. The summed E-state index contributed by atoms with van der Waals surface area (Å²) in [6.45, 7) is 4.21. The molecule has 0 aromatic heterocycles. The number of likely N-dealkylation sites (N-methyl/N-ethyl adjacent to an activating group) is 1. The second kappa shape index (κ2) is 11.7. The summed E-state index contributed by atoms with van der Waals surface area (Å²) < 4.78 is 5.53. The largest absolute Gasteiger partial charge is 0.396 e. The van der Waals surface area contributed by atoms with E-state index in [1.165, 1.54) is 0 Å². The number of benzene rings is 1. The van der Waals surface area contributed by atoms with E-state index in [0.29, 0.717) is 44.2 Å². The number of hydrogen-bond acceptors (Lipinski definition) is 5. The summed E-state index contributed by atoms with van der Waals surface area (Å²) >= 11 is 0. The summed E-state index contributed by atoms with van der Waals surface area (Å²) in [5.74, 6) is 0.624. The second-order valence-electron chi connectivity index (χ2n) is 7.82. The number of ether oxygens (including phenoxy) is 1. The van der Waals surface area contributed by atoms with Gasteiger partial charge in [0.2, 0.25) is 0 Å². The van der Waals surface area contributed by atoms with Crippen molar-refractivity contribution in [2.45, 2.75) is 19.4 Å². The Hall–Kier alpha value is -2.16. The Labute approximate surface area is 173 Å². The van der Waals surface area contributed by atoms with E-state index in [1.807, 2.05) is 43.3 Å². The highest BCUT2D eigenvalue weighted by Gasteiger charge is 2.34. The number of nitrogens with zero attached hydrogens (tertiary/aromatic N) is 2. The van der Waals surface area contributed by atoms with Crippen molar-refractivity contribution < 1.29 is 14.6 Å². The summed E-state index contributed by atoms with van der Waals surface area (Å²) in [5, 5.41) is 18.9. The fourth-order valence-electron chi connectivity index (χ4n) is 3.31. The Morgan fingerprint density at radius 2 is 2.14 bits per heavy atom. The van der Waals surface area contributed by atoms with Gasteiger partial charge in [0.1, 0.15) is 0 Å². The number of guanidine groups is 1. The molecule has 1 aliphatic heterocycles. The third-order valence-corrected chi connectivity index (χ3v) is 5.18. The third-order valence-electron chi connectivity index (χ3n) is 5.18. The van der Waals surface area contributed by atoms with Gasteiger partial charge < -0.3 is 30.7 Å². The monoisotopic (exact) mass is 405 g/mol. The molecule has 1 aromatic carbocycles. The lowest BCUT2D eigenvalue weighted by molar-refractivity contribution is 0.0951. The van der Waals surface area contributed by atoms with Crippen LogP contribution in [0.5, 0.6) is 0 Å². The molecule has 8 heteroatoms. The van der Waals surface area contributed by atoms with Crippen molar-refractivity contribution in [1.82, 2.24) is 20.9 Å². The second-order valence-corrected chi connectivity index (χ2v) is 7.82. The normalized spacial score (nSPS) is 19.4. The first-order valence-corrected chi connectivity index (χ1v) is 10.1. The minimum atomic E-state index is -0.0663. The number of aliphatic hydroxyl groups is 1. The van der Waals surface area contributed by atoms with E-state index in [0.717, 1.165) is 25.1 Å². The lowest BCUT2D eigenvalue weighted by atomic mass is 9.84. The summed E-state index contributed by atoms with van der Waals surface area (Å²) in [7, 11) is 5.68. The highest BCUT2D eigenvalue weighted by Crippen LogP contribution is 2.31. The number of aliphatic hydroxyl groups excluding tert-OH is 1. The molecule has 1 fully saturated rings. The van der Waals surface area contributed by atoms with Gasteiger partial charge in [-0.3, -0.25) is 9.79 Å². The quantitative estimate of drug-likeness (QED) is 0.333. The van der Waals surface area contributed by atoms with Crippen molar-refractivity contribution in [2.75, 3.05) is 60.6 Å². The van der Waals surface area contributed by atoms with Gasteiger partial charge in [-0.1, -0.05) is 12.1 Å². The smallest absolute Gasteiger partial charge is 0.251 e. The molecule has 1 saturated heterocycles. The topological polar surface area (TPSA) is 98.2 Å². The molecule has 0 aliphatic carbocycles. The molecule has 0 radical (unpaired) electrons. The van der Waals surface area contributed by atoms with E-state index in [1.54, 1.807) is 7.05 Å². The Balaban J connectivity index is 1.85. The lowest BCUT2D eigenvalue weighted by Crippen LogP contribution is -2.44. The molecule has 1 atom stereocenters. The fraction of sp³-hybridized carbons (Fsp3) is 0.619. The first-order chi connectivity index (χ1) is 14.0. The molecule has 29 heavy (non-hydrogen) atoms. The summed E-state index contributed by atoms with van der Waals surface area (Å²) in [6.07, 6.45) is 1.64. The van der Waals surface area contributed by atoms with Gasteiger partial charge in [0.25, 0.3) is 5.91 Å². The zero-order valence-corrected chi connectivity index (χ0v) is 17.8. The third kappa shape index (κ3) is 7.64. The van der Waals surface area contributed by atoms with E-state index < -0.39 is 0 Å². The number of hydrogen-bond donors (Lipinski definition) is 4. The van der Waals surface area contributed by atoms with Crippen LogP contribution < -0.4 is 16.0 Å². The van der Waals surface area contributed by atoms with Crippen LogP contribution in [0.3, 0.4) is 0 Å². The Kier molecular flexibility index (Phi) is 9.37. The molecule has 0 saturated carbocycles. The molecule has 1 aliphatic rings. The zero-order chi connectivity index (χ0) is 21.1. The predicted molar refractivity (Wildman–Crippen MR) is 115 cm³/mol. The van der Waals surface area contributed by atoms with Gasteiger partial charge in [0, 0.05) is 57.4 Å². The van der Waals surface area contributed by atoms with E-state index in [2.05, 4.69) is 20.9 Å². The molecule has 0 spiro atoms. The maximum atomic E-state index is 12.3. The first-order valence-electron chi connectivity index (χ1n) is 10.1. The van der Waals surface area contributed by atoms with E-state index in [9.17, 15) is 9.90 Å². The van der Waals surface area contributed by atoms with Crippen LogP contribution in [0.1, 0.15) is 28.8 Å². The minimum Gasteiger partial charge on any atom is -0.396 e. The standard InChI is InChI=1S/C21H35N5O3/c1-22-20(25-15-21(7-11-27)8-12-29-16-21)24-14-17-5-4-6-18(13-17)19(28)23-9-10-26(2)3/h4-6,13,27H,7-12,14-16H2,1-3H3,(H,23,28)(H2,22,24,25). The highest BCUT2D eigenvalue weighted by molar-refractivity contribution is 5.94. The highest BCUT2D eigenvalue weighted by atomic mass is 16.5. The van der Waals surface area contributed by atoms with Gasteiger partial charge in [0.05, 0.1) is 6.61 Å². The van der Waals surface area contributed by atoms with Crippen molar-refractivity contribution in [1.29, 1.82) is 0 Å². The number of amides is 1. The molecular weight excluding hydrogens is 370 g/mol. The number of carbonyl (C=O) groups is 1. The summed E-state index contributed by atoms with van der Waals surface area (Å²) in [5.41, 5.74) is 1.61. The van der Waals surface area contributed by atoms with Crippen molar-refractivity contribution in [3.63, 3.8) is 0 Å². The lowest BCUT2D eigenvalue weighted by Gasteiger charge is -2.27. The van der Waals surface area contributed by atoms with Gasteiger partial charge in [-0.15, -0.1) is 0 Å². The van der Waals surface area contributed by atoms with Gasteiger partial charge in [-0.25, -0.2) is 0 Å². The van der Waals surface area contributed by atoms with Crippen LogP contribution in [0.25, 0.3) is 0 Å². The van der Waals surface area contributed by atoms with Crippen molar-refractivity contribution in [3.8, 4) is 0 Å². The number of rotatable bonds is 10. The van der Waals surface area contributed by atoms with Crippen molar-refractivity contribution >= 4 is 11.9 Å². The molecule has 1 unspecified atom stereocenters. The van der Waals surface area contributed by atoms with E-state index in [-0.39, 0.29) is 17.9 Å². The molecule has 0 bridgehead atoms. The van der Waals surface area contributed by atoms with E-state index in [4.69, 9.17) is 4.74 Å². The summed E-state index contributed by atoms with van der Waals surface area (Å²) in [6, 6.07) is 7.58. The zero-order valence-electron chi connectivity index (χ0n) is 17.8. The average molecular weight is 406 g/mol. The predicted octanol–water partition coefficient (Wildman–Crippen LogP) is 0.432. The fourth-order valence-corrected chi connectivity index (χ4v) is 3.31. The van der Waals surface area contributed by atoms with Crippen LogP contribution in [0.4, 0.5) is 0 Å². The molecule has 1 amide bonds. The van der Waals surface area contributed by atoms with Crippen LogP contribution >= 0.6 is 0 Å². The van der Waals surface area contributed by atoms with Crippen LogP contribution in [-0.4, -0.2) is 82.5 Å². The Morgan fingerprint density at radius 1 is 1.31 bits per heavy atom. The van der Waals surface area contributed by atoms with Crippen LogP contribution in [0, 0.1) is 5.41 Å². The maximum Gasteiger partial charge on any atom is 0.251 e. The molecule has 162 valence electrons. The average Bonchev–Trinajstić information content (AvgIpc) is 3.17. The maximum absolute atomic E-state index is 12.3. The first kappa shape index (κ1) is 23.1. The molecule has 8 nitrogen and oxygen atoms in total. The van der Waals surface area contributed by atoms with Gasteiger partial charge in [-0.05, 0) is 44.6 Å². The Morgan fingerprint density at radius 3 is 2.79 bits per heavy atom. The van der Waals surface area contributed by atoms with Gasteiger partial charge >= 0.3 is 0 Å². The molecule has 2 rings (SSSR count). The van der Waals surface area contributed by atoms with E-state index >= 15 is 0 Å². The molecular formula is C21H35N5O3. The Bertz CT molecular complexity index is 672. The summed E-state index contributed by atoms with van der Waals surface area (Å²) in [4.78, 5) is 18.6. The van der Waals surface area contributed by atoms with Crippen LogP contribution in [0.15, 0.2) is 29.3 Å². The van der Waals surface area contributed by atoms with Gasteiger partial charge in [-0.2, -0.15) is 0 Å².